The summed E-state index contributed by atoms with van der Waals surface area (Å²) in [4.78, 5) is 9.84. The van der Waals surface area contributed by atoms with Crippen LogP contribution in [0.5, 0.6) is 5.75 Å². The van der Waals surface area contributed by atoms with Gasteiger partial charge in [0, 0.05) is 26.2 Å². The smallest absolute Gasteiger partial charge is 0.246 e. The van der Waals surface area contributed by atoms with Gasteiger partial charge in [0.15, 0.2) is 17.0 Å². The molecular formula is C21H19F2N7O3S. The number of nitrogens with zero attached hydrogens (tertiary/aromatic N) is 7. The van der Waals surface area contributed by atoms with Gasteiger partial charge >= 0.3 is 0 Å². The van der Waals surface area contributed by atoms with E-state index in [0.717, 1.165) is 22.1 Å². The van der Waals surface area contributed by atoms with Crippen molar-refractivity contribution in [3.8, 4) is 11.4 Å². The van der Waals surface area contributed by atoms with Crippen LogP contribution in [0.3, 0.4) is 0 Å². The van der Waals surface area contributed by atoms with Gasteiger partial charge in [0.2, 0.25) is 10.0 Å². The van der Waals surface area contributed by atoms with Gasteiger partial charge in [-0.15, -0.1) is 5.10 Å². The Kier molecular flexibility index (Phi) is 5.57. The van der Waals surface area contributed by atoms with Crippen LogP contribution in [0.2, 0.25) is 0 Å². The highest BCUT2D eigenvalue weighted by Crippen LogP contribution is 2.26. The highest BCUT2D eigenvalue weighted by molar-refractivity contribution is 7.89. The van der Waals surface area contributed by atoms with Crippen molar-refractivity contribution in [1.82, 2.24) is 29.3 Å². The second-order valence-corrected chi connectivity index (χ2v) is 9.44. The monoisotopic (exact) mass is 487 g/mol. The number of anilines is 1. The molecule has 2 aromatic heterocycles. The van der Waals surface area contributed by atoms with Crippen LogP contribution >= 0.6 is 0 Å². The van der Waals surface area contributed by atoms with Gasteiger partial charge < -0.3 is 9.64 Å². The SMILES string of the molecule is COc1ccc(-n2nnc3c(N4CCN(S(=O)(=O)c5cc(F)ccc5F)CC4)ncnc32)cc1. The van der Waals surface area contributed by atoms with Gasteiger partial charge in [-0.3, -0.25) is 0 Å². The van der Waals surface area contributed by atoms with Gasteiger partial charge in [-0.1, -0.05) is 5.21 Å². The number of aromatic nitrogens is 5. The molecule has 13 heteroatoms. The van der Waals surface area contributed by atoms with Crippen LogP contribution in [0.25, 0.3) is 16.9 Å². The summed E-state index contributed by atoms with van der Waals surface area (Å²) >= 11 is 0. The third-order valence-corrected chi connectivity index (χ3v) is 7.50. The summed E-state index contributed by atoms with van der Waals surface area (Å²) in [6, 6.07) is 9.63. The molecule has 0 N–H and O–H groups in total. The lowest BCUT2D eigenvalue weighted by atomic mass is 10.3. The number of ether oxygens (including phenoxy) is 1. The van der Waals surface area contributed by atoms with E-state index in [9.17, 15) is 17.2 Å². The van der Waals surface area contributed by atoms with E-state index in [1.807, 2.05) is 17.0 Å². The standard InChI is InChI=1S/C21H19F2N7O3S/c1-33-16-5-3-15(4-6-16)30-21-19(26-27-30)20(24-13-25-21)28-8-10-29(11-9-28)34(31,32)18-12-14(22)2-7-17(18)23/h2-7,12-13H,8-11H2,1H3. The number of hydrogen-bond acceptors (Lipinski definition) is 8. The third-order valence-electron chi connectivity index (χ3n) is 5.58. The quantitative estimate of drug-likeness (QED) is 0.421. The van der Waals surface area contributed by atoms with Crippen LogP contribution in [0.4, 0.5) is 14.6 Å². The fourth-order valence-corrected chi connectivity index (χ4v) is 5.32. The van der Waals surface area contributed by atoms with Crippen molar-refractivity contribution in [2.24, 2.45) is 0 Å². The van der Waals surface area contributed by atoms with E-state index in [1.165, 1.54) is 6.33 Å². The van der Waals surface area contributed by atoms with Crippen LogP contribution in [0.1, 0.15) is 0 Å². The van der Waals surface area contributed by atoms with Crippen LogP contribution in [-0.2, 0) is 10.0 Å². The summed E-state index contributed by atoms with van der Waals surface area (Å²) < 4.78 is 61.3. The molecule has 34 heavy (non-hydrogen) atoms. The van der Waals surface area contributed by atoms with Gasteiger partial charge in [-0.25, -0.2) is 27.2 Å². The molecule has 1 aliphatic rings. The molecule has 4 aromatic rings. The minimum atomic E-state index is -4.18. The zero-order valence-corrected chi connectivity index (χ0v) is 18.8. The largest absolute Gasteiger partial charge is 0.497 e. The molecule has 0 spiro atoms. The molecule has 0 bridgehead atoms. The topological polar surface area (TPSA) is 106 Å². The van der Waals surface area contributed by atoms with Crippen molar-refractivity contribution in [2.75, 3.05) is 38.2 Å². The number of piperazine rings is 1. The van der Waals surface area contributed by atoms with Crippen molar-refractivity contribution in [3.63, 3.8) is 0 Å². The minimum absolute atomic E-state index is 0.0659. The third kappa shape index (κ3) is 3.82. The number of halogens is 2. The maximum absolute atomic E-state index is 14.1. The molecule has 3 heterocycles. The van der Waals surface area contributed by atoms with Gasteiger partial charge in [0.05, 0.1) is 12.8 Å². The Morgan fingerprint density at radius 2 is 1.71 bits per heavy atom. The molecule has 176 valence electrons. The van der Waals surface area contributed by atoms with Crippen molar-refractivity contribution in [1.29, 1.82) is 0 Å². The summed E-state index contributed by atoms with van der Waals surface area (Å²) in [5.41, 5.74) is 1.69. The average molecular weight is 487 g/mol. The first kappa shape index (κ1) is 22.1. The molecule has 0 saturated carbocycles. The predicted molar refractivity (Wildman–Crippen MR) is 118 cm³/mol. The molecule has 1 aliphatic heterocycles. The number of rotatable bonds is 5. The lowest BCUT2D eigenvalue weighted by molar-refractivity contribution is 0.381. The average Bonchev–Trinajstić information content (AvgIpc) is 3.30. The Bertz CT molecular complexity index is 1450. The first-order valence-corrected chi connectivity index (χ1v) is 11.7. The number of hydrogen-bond donors (Lipinski definition) is 0. The normalized spacial score (nSPS) is 15.1. The molecule has 0 aliphatic carbocycles. The number of methoxy groups -OCH3 is 1. The number of benzene rings is 2. The molecular weight excluding hydrogens is 468 g/mol. The summed E-state index contributed by atoms with van der Waals surface area (Å²) in [6.07, 6.45) is 1.40. The van der Waals surface area contributed by atoms with E-state index in [2.05, 4.69) is 20.3 Å². The fraction of sp³-hybridized carbons (Fsp3) is 0.238. The van der Waals surface area contributed by atoms with Gasteiger partial charge in [0.25, 0.3) is 0 Å². The fourth-order valence-electron chi connectivity index (χ4n) is 3.82. The lowest BCUT2D eigenvalue weighted by Gasteiger charge is -2.34. The number of fused-ring (bicyclic) bond motifs is 1. The minimum Gasteiger partial charge on any atom is -0.497 e. The molecule has 0 amide bonds. The van der Waals surface area contributed by atoms with Crippen LogP contribution in [0, 0.1) is 11.6 Å². The second-order valence-electron chi connectivity index (χ2n) is 7.53. The van der Waals surface area contributed by atoms with Gasteiger partial charge in [0.1, 0.15) is 28.6 Å². The maximum atomic E-state index is 14.1. The summed E-state index contributed by atoms with van der Waals surface area (Å²) in [6.45, 7) is 0.683. The van der Waals surface area contributed by atoms with Crippen LogP contribution in [-0.4, -0.2) is 71.0 Å². The molecule has 0 atom stereocenters. The summed E-state index contributed by atoms with van der Waals surface area (Å²) in [5, 5.41) is 8.44. The molecule has 5 rings (SSSR count). The van der Waals surface area contributed by atoms with E-state index < -0.39 is 26.6 Å². The Morgan fingerprint density at radius 1 is 0.971 bits per heavy atom. The summed E-state index contributed by atoms with van der Waals surface area (Å²) in [5.74, 6) is -0.591. The van der Waals surface area contributed by atoms with E-state index in [4.69, 9.17) is 4.74 Å². The number of sulfonamides is 1. The van der Waals surface area contributed by atoms with Crippen molar-refractivity contribution in [3.05, 3.63) is 60.4 Å². The maximum Gasteiger partial charge on any atom is 0.246 e. The lowest BCUT2D eigenvalue weighted by Crippen LogP contribution is -2.49. The van der Waals surface area contributed by atoms with Crippen molar-refractivity contribution < 1.29 is 21.9 Å². The molecule has 1 saturated heterocycles. The Morgan fingerprint density at radius 3 is 2.41 bits per heavy atom. The van der Waals surface area contributed by atoms with E-state index in [0.29, 0.717) is 28.8 Å². The van der Waals surface area contributed by atoms with Gasteiger partial charge in [-0.2, -0.15) is 8.99 Å². The van der Waals surface area contributed by atoms with Crippen LogP contribution < -0.4 is 9.64 Å². The van der Waals surface area contributed by atoms with E-state index in [1.54, 1.807) is 23.9 Å². The predicted octanol–water partition coefficient (Wildman–Crippen LogP) is 2.01. The Balaban J connectivity index is 1.39. The molecule has 2 aromatic carbocycles. The van der Waals surface area contributed by atoms with Crippen molar-refractivity contribution in [2.45, 2.75) is 4.90 Å². The molecule has 10 nitrogen and oxygen atoms in total. The second kappa shape index (κ2) is 8.57. The first-order chi connectivity index (χ1) is 16.4. The summed E-state index contributed by atoms with van der Waals surface area (Å²) in [7, 11) is -2.60. The highest BCUT2D eigenvalue weighted by atomic mass is 32.2. The van der Waals surface area contributed by atoms with Crippen molar-refractivity contribution >= 4 is 27.0 Å². The molecule has 0 unspecified atom stereocenters. The van der Waals surface area contributed by atoms with E-state index >= 15 is 0 Å². The highest BCUT2D eigenvalue weighted by Gasteiger charge is 2.32. The first-order valence-electron chi connectivity index (χ1n) is 10.3. The zero-order valence-electron chi connectivity index (χ0n) is 18.0. The van der Waals surface area contributed by atoms with Crippen LogP contribution in [0.15, 0.2) is 53.7 Å². The van der Waals surface area contributed by atoms with E-state index in [-0.39, 0.29) is 26.2 Å². The molecule has 1 fully saturated rings. The molecule has 0 radical (unpaired) electrons. The Labute approximate surface area is 193 Å². The van der Waals surface area contributed by atoms with Gasteiger partial charge in [-0.05, 0) is 42.5 Å². The zero-order chi connectivity index (χ0) is 23.9. The Hall–Kier alpha value is -3.71.